The number of benzene rings is 2. The molecule has 2 rings (SSSR count). The molecule has 0 aromatic heterocycles. The van der Waals surface area contributed by atoms with E-state index < -0.39 is 18.3 Å². The first-order valence-corrected chi connectivity index (χ1v) is 6.13. The van der Waals surface area contributed by atoms with Crippen molar-refractivity contribution in [2.24, 2.45) is 0 Å². The Morgan fingerprint density at radius 3 is 2.35 bits per heavy atom. The number of amides is 1. The first-order valence-electron chi connectivity index (χ1n) is 6.13. The van der Waals surface area contributed by atoms with Crippen LogP contribution in [0.25, 0.3) is 11.1 Å². The van der Waals surface area contributed by atoms with Crippen LogP contribution in [0, 0.1) is 6.07 Å². The SMILES string of the molecule is CN(C(=O)CC(=O)O)c1[c]cc(-c2ccccc2)cc1. The number of carboxylic acid groups (broad SMARTS) is 1. The van der Waals surface area contributed by atoms with Gasteiger partial charge in [-0.05, 0) is 23.3 Å². The lowest BCUT2D eigenvalue weighted by Gasteiger charge is -2.16. The molecule has 0 aliphatic carbocycles. The van der Waals surface area contributed by atoms with Crippen molar-refractivity contribution < 1.29 is 14.7 Å². The highest BCUT2D eigenvalue weighted by atomic mass is 16.4. The van der Waals surface area contributed by atoms with Crippen LogP contribution >= 0.6 is 0 Å². The Hall–Kier alpha value is -2.62. The maximum Gasteiger partial charge on any atom is 0.312 e. The maximum atomic E-state index is 11.6. The summed E-state index contributed by atoms with van der Waals surface area (Å²) in [5.41, 5.74) is 2.61. The van der Waals surface area contributed by atoms with E-state index in [9.17, 15) is 9.59 Å². The molecule has 4 heteroatoms. The smallest absolute Gasteiger partial charge is 0.312 e. The fraction of sp³-hybridized carbons (Fsp3) is 0.125. The quantitative estimate of drug-likeness (QED) is 0.867. The molecule has 2 aromatic rings. The van der Waals surface area contributed by atoms with Gasteiger partial charge in [-0.3, -0.25) is 9.59 Å². The summed E-state index contributed by atoms with van der Waals surface area (Å²) in [4.78, 5) is 23.5. The molecular formula is C16H14NO3. The minimum absolute atomic E-state index is 0.471. The number of anilines is 1. The molecule has 0 aliphatic rings. The van der Waals surface area contributed by atoms with Crippen LogP contribution in [0.4, 0.5) is 5.69 Å². The lowest BCUT2D eigenvalue weighted by atomic mass is 10.1. The predicted molar refractivity (Wildman–Crippen MR) is 76.4 cm³/mol. The van der Waals surface area contributed by atoms with Crippen molar-refractivity contribution >= 4 is 17.6 Å². The molecule has 0 spiro atoms. The average Bonchev–Trinajstić information content (AvgIpc) is 2.47. The third-order valence-corrected chi connectivity index (χ3v) is 2.94. The molecule has 0 fully saturated rings. The van der Waals surface area contributed by atoms with E-state index in [-0.39, 0.29) is 0 Å². The lowest BCUT2D eigenvalue weighted by molar-refractivity contribution is -0.140. The van der Waals surface area contributed by atoms with Gasteiger partial charge in [0.15, 0.2) is 0 Å². The minimum Gasteiger partial charge on any atom is -0.481 e. The van der Waals surface area contributed by atoms with Crippen molar-refractivity contribution in [3.63, 3.8) is 0 Å². The predicted octanol–water partition coefficient (Wildman–Crippen LogP) is 2.59. The Morgan fingerprint density at radius 1 is 1.10 bits per heavy atom. The summed E-state index contributed by atoms with van der Waals surface area (Å²) >= 11 is 0. The molecule has 101 valence electrons. The Balaban J connectivity index is 2.16. The second kappa shape index (κ2) is 6.02. The number of aliphatic carboxylic acids is 1. The molecule has 20 heavy (non-hydrogen) atoms. The van der Waals surface area contributed by atoms with Crippen LogP contribution in [0.15, 0.2) is 48.5 Å². The number of hydrogen-bond donors (Lipinski definition) is 1. The van der Waals surface area contributed by atoms with E-state index in [0.29, 0.717) is 5.69 Å². The third kappa shape index (κ3) is 3.23. The van der Waals surface area contributed by atoms with Gasteiger partial charge in [0.2, 0.25) is 5.91 Å². The maximum absolute atomic E-state index is 11.6. The van der Waals surface area contributed by atoms with E-state index in [1.54, 1.807) is 19.2 Å². The van der Waals surface area contributed by atoms with Crippen molar-refractivity contribution in [2.45, 2.75) is 6.42 Å². The van der Waals surface area contributed by atoms with E-state index in [2.05, 4.69) is 6.07 Å². The standard InChI is InChI=1S/C16H14NO3/c1-17(15(18)11-16(19)20)14-9-7-13(8-10-14)12-5-3-2-4-6-12/h2-9H,11H2,1H3,(H,19,20). The summed E-state index contributed by atoms with van der Waals surface area (Å²) in [6, 6.07) is 18.2. The molecule has 0 bridgehead atoms. The van der Waals surface area contributed by atoms with Gasteiger partial charge in [0.1, 0.15) is 6.42 Å². The van der Waals surface area contributed by atoms with E-state index in [1.165, 1.54) is 4.90 Å². The van der Waals surface area contributed by atoms with Gasteiger partial charge < -0.3 is 10.0 Å². The topological polar surface area (TPSA) is 57.6 Å². The Kier molecular flexibility index (Phi) is 4.15. The first-order chi connectivity index (χ1) is 9.58. The molecule has 0 aliphatic heterocycles. The zero-order valence-corrected chi connectivity index (χ0v) is 11.0. The van der Waals surface area contributed by atoms with Crippen LogP contribution in [0.1, 0.15) is 6.42 Å². The second-order valence-electron chi connectivity index (χ2n) is 4.35. The van der Waals surface area contributed by atoms with E-state index in [0.717, 1.165) is 11.1 Å². The highest BCUT2D eigenvalue weighted by Crippen LogP contribution is 2.22. The van der Waals surface area contributed by atoms with Crippen LogP contribution in [-0.4, -0.2) is 24.0 Å². The molecule has 0 saturated heterocycles. The van der Waals surface area contributed by atoms with Gasteiger partial charge in [-0.25, -0.2) is 0 Å². The molecule has 0 atom stereocenters. The van der Waals surface area contributed by atoms with Crippen LogP contribution in [0.2, 0.25) is 0 Å². The molecule has 4 nitrogen and oxygen atoms in total. The van der Waals surface area contributed by atoms with E-state index >= 15 is 0 Å². The van der Waals surface area contributed by atoms with Gasteiger partial charge in [0.25, 0.3) is 0 Å². The summed E-state index contributed by atoms with van der Waals surface area (Å²) in [6.45, 7) is 0. The second-order valence-corrected chi connectivity index (χ2v) is 4.35. The summed E-state index contributed by atoms with van der Waals surface area (Å²) in [5.74, 6) is -1.61. The molecule has 1 amide bonds. The first kappa shape index (κ1) is 13.8. The number of carboxylic acids is 1. The highest BCUT2D eigenvalue weighted by Gasteiger charge is 2.14. The fourth-order valence-corrected chi connectivity index (χ4v) is 1.82. The Labute approximate surface area is 117 Å². The van der Waals surface area contributed by atoms with Crippen LogP contribution in [0.5, 0.6) is 0 Å². The van der Waals surface area contributed by atoms with E-state index in [4.69, 9.17) is 5.11 Å². The molecular weight excluding hydrogens is 254 g/mol. The molecule has 0 saturated carbocycles. The van der Waals surface area contributed by atoms with Crippen molar-refractivity contribution in [3.05, 3.63) is 54.6 Å². The summed E-state index contributed by atoms with van der Waals surface area (Å²) < 4.78 is 0. The Morgan fingerprint density at radius 2 is 1.80 bits per heavy atom. The van der Waals surface area contributed by atoms with Gasteiger partial charge >= 0.3 is 5.97 Å². The van der Waals surface area contributed by atoms with Crippen molar-refractivity contribution in [1.82, 2.24) is 0 Å². The largest absolute Gasteiger partial charge is 0.481 e. The molecule has 0 heterocycles. The number of carbonyl (C=O) groups is 2. The van der Waals surface area contributed by atoms with Gasteiger partial charge in [-0.15, -0.1) is 0 Å². The van der Waals surface area contributed by atoms with Gasteiger partial charge in [-0.1, -0.05) is 36.4 Å². The summed E-state index contributed by atoms with van der Waals surface area (Å²) in [7, 11) is 1.54. The zero-order valence-electron chi connectivity index (χ0n) is 11.0. The van der Waals surface area contributed by atoms with Gasteiger partial charge in [-0.2, -0.15) is 0 Å². The van der Waals surface area contributed by atoms with Crippen LogP contribution in [0.3, 0.4) is 0 Å². The average molecular weight is 268 g/mol. The van der Waals surface area contributed by atoms with Gasteiger partial charge in [0, 0.05) is 13.1 Å². The lowest BCUT2D eigenvalue weighted by Crippen LogP contribution is -2.28. The highest BCUT2D eigenvalue weighted by molar-refractivity contribution is 6.02. The number of carbonyl (C=O) groups excluding carboxylic acids is 1. The summed E-state index contributed by atoms with van der Waals surface area (Å²) in [5, 5.41) is 8.61. The van der Waals surface area contributed by atoms with Crippen LogP contribution < -0.4 is 4.90 Å². The third-order valence-electron chi connectivity index (χ3n) is 2.94. The number of rotatable bonds is 4. The molecule has 1 N–H and O–H groups in total. The molecule has 0 unspecified atom stereocenters. The van der Waals surface area contributed by atoms with Crippen LogP contribution in [-0.2, 0) is 9.59 Å². The Bertz CT molecular complexity index is 605. The van der Waals surface area contributed by atoms with Gasteiger partial charge in [0.05, 0.1) is 5.69 Å². The minimum atomic E-state index is -1.14. The number of hydrogen-bond acceptors (Lipinski definition) is 2. The normalized spacial score (nSPS) is 10.1. The molecule has 1 radical (unpaired) electrons. The van der Waals surface area contributed by atoms with Crippen molar-refractivity contribution in [1.29, 1.82) is 0 Å². The monoisotopic (exact) mass is 268 g/mol. The number of nitrogens with zero attached hydrogens (tertiary/aromatic N) is 1. The molecule has 2 aromatic carbocycles. The zero-order chi connectivity index (χ0) is 14.5. The fourth-order valence-electron chi connectivity index (χ4n) is 1.82. The summed E-state index contributed by atoms with van der Waals surface area (Å²) in [6.07, 6.45) is -0.523. The van der Waals surface area contributed by atoms with E-state index in [1.807, 2.05) is 36.4 Å². The van der Waals surface area contributed by atoms with Crippen molar-refractivity contribution in [2.75, 3.05) is 11.9 Å². The van der Waals surface area contributed by atoms with Crippen molar-refractivity contribution in [3.8, 4) is 11.1 Å².